The van der Waals surface area contributed by atoms with Crippen molar-refractivity contribution < 1.29 is 19.3 Å². The van der Waals surface area contributed by atoms with Crippen LogP contribution in [0, 0.1) is 0 Å². The lowest BCUT2D eigenvalue weighted by Crippen LogP contribution is -2.23. The molecule has 1 unspecified atom stereocenters. The van der Waals surface area contributed by atoms with Crippen molar-refractivity contribution >= 4 is 0 Å². The van der Waals surface area contributed by atoms with Crippen LogP contribution >= 0.6 is 0 Å². The molecule has 0 radical (unpaired) electrons. The number of hydrogen-bond donors (Lipinski definition) is 1. The fourth-order valence-corrected chi connectivity index (χ4v) is 1.97. The molecule has 0 fully saturated rings. The number of rotatable bonds is 9. The Morgan fingerprint density at radius 3 is 2.23 bits per heavy atom. The lowest BCUT2D eigenvalue weighted by Gasteiger charge is -2.16. The van der Waals surface area contributed by atoms with E-state index in [1.54, 1.807) is 7.11 Å². The van der Waals surface area contributed by atoms with E-state index in [1.807, 2.05) is 54.6 Å². The van der Waals surface area contributed by atoms with Crippen LogP contribution in [0.1, 0.15) is 11.1 Å². The molecule has 2 rings (SSSR count). The molecule has 2 aromatic carbocycles. The minimum Gasteiger partial charge on any atom is -0.497 e. The summed E-state index contributed by atoms with van der Waals surface area (Å²) in [5.74, 6) is 0.822. The molecule has 0 aromatic heterocycles. The highest BCUT2D eigenvalue weighted by molar-refractivity contribution is 5.26. The maximum atomic E-state index is 9.35. The fraction of sp³-hybridized carbons (Fsp3) is 0.333. The zero-order valence-corrected chi connectivity index (χ0v) is 12.8. The maximum Gasteiger partial charge on any atom is 0.118 e. The molecule has 0 heterocycles. The van der Waals surface area contributed by atoms with Crippen molar-refractivity contribution in [2.24, 2.45) is 0 Å². The molecular formula is C18H22O4. The number of aliphatic hydroxyl groups excluding tert-OH is 1. The third kappa shape index (κ3) is 5.48. The number of ether oxygens (including phenoxy) is 3. The minimum atomic E-state index is -0.321. The van der Waals surface area contributed by atoms with E-state index < -0.39 is 0 Å². The van der Waals surface area contributed by atoms with Crippen LogP contribution in [-0.4, -0.2) is 31.5 Å². The average Bonchev–Trinajstić information content (AvgIpc) is 2.59. The summed E-state index contributed by atoms with van der Waals surface area (Å²) in [4.78, 5) is 0. The van der Waals surface area contributed by atoms with Gasteiger partial charge in [0.05, 0.1) is 33.5 Å². The van der Waals surface area contributed by atoms with Crippen molar-refractivity contribution in [1.82, 2.24) is 0 Å². The van der Waals surface area contributed by atoms with Crippen molar-refractivity contribution in [3.63, 3.8) is 0 Å². The molecular weight excluding hydrogens is 280 g/mol. The predicted octanol–water partition coefficient (Wildman–Crippen LogP) is 2.79. The molecule has 0 aliphatic rings. The van der Waals surface area contributed by atoms with Gasteiger partial charge in [-0.05, 0) is 23.3 Å². The second-order valence-electron chi connectivity index (χ2n) is 4.96. The molecule has 0 saturated heterocycles. The van der Waals surface area contributed by atoms with E-state index in [4.69, 9.17) is 14.2 Å². The first kappa shape index (κ1) is 16.5. The van der Waals surface area contributed by atoms with Gasteiger partial charge in [-0.1, -0.05) is 42.5 Å². The van der Waals surface area contributed by atoms with Crippen LogP contribution in [0.15, 0.2) is 54.6 Å². The normalized spacial score (nSPS) is 12.1. The Morgan fingerprint density at radius 2 is 1.59 bits per heavy atom. The second-order valence-corrected chi connectivity index (χ2v) is 4.96. The third-order valence-corrected chi connectivity index (χ3v) is 3.26. The van der Waals surface area contributed by atoms with Crippen LogP contribution in [0.3, 0.4) is 0 Å². The highest BCUT2D eigenvalue weighted by Crippen LogP contribution is 2.12. The van der Waals surface area contributed by atoms with Crippen molar-refractivity contribution in [2.75, 3.05) is 20.3 Å². The lowest BCUT2D eigenvalue weighted by molar-refractivity contribution is -0.0536. The Balaban J connectivity index is 1.71. The highest BCUT2D eigenvalue weighted by Gasteiger charge is 2.08. The Labute approximate surface area is 131 Å². The number of hydrogen-bond acceptors (Lipinski definition) is 4. The largest absolute Gasteiger partial charge is 0.497 e. The lowest BCUT2D eigenvalue weighted by atomic mass is 10.2. The number of methoxy groups -OCH3 is 1. The fourth-order valence-electron chi connectivity index (χ4n) is 1.97. The van der Waals surface area contributed by atoms with E-state index in [0.717, 1.165) is 16.9 Å². The summed E-state index contributed by atoms with van der Waals surface area (Å²) in [6.45, 7) is 1.25. The summed E-state index contributed by atoms with van der Waals surface area (Å²) in [5.41, 5.74) is 2.14. The monoisotopic (exact) mass is 302 g/mol. The molecule has 0 aliphatic heterocycles. The average molecular weight is 302 g/mol. The quantitative estimate of drug-likeness (QED) is 0.774. The van der Waals surface area contributed by atoms with E-state index in [2.05, 4.69) is 0 Å². The van der Waals surface area contributed by atoms with Crippen molar-refractivity contribution in [1.29, 1.82) is 0 Å². The van der Waals surface area contributed by atoms with Crippen LogP contribution in [0.2, 0.25) is 0 Å². The van der Waals surface area contributed by atoms with Gasteiger partial charge >= 0.3 is 0 Å². The van der Waals surface area contributed by atoms with Crippen LogP contribution in [0.25, 0.3) is 0 Å². The third-order valence-electron chi connectivity index (χ3n) is 3.26. The molecule has 1 atom stereocenters. The van der Waals surface area contributed by atoms with Crippen molar-refractivity contribution in [3.8, 4) is 5.75 Å². The van der Waals surface area contributed by atoms with Gasteiger partial charge in [-0.25, -0.2) is 0 Å². The summed E-state index contributed by atoms with van der Waals surface area (Å²) >= 11 is 0. The van der Waals surface area contributed by atoms with E-state index in [-0.39, 0.29) is 12.7 Å². The SMILES string of the molecule is COc1ccc(COCC(CO)OCc2ccccc2)cc1. The Morgan fingerprint density at radius 1 is 0.909 bits per heavy atom. The molecule has 4 heteroatoms. The van der Waals surface area contributed by atoms with Gasteiger partial charge in [0.2, 0.25) is 0 Å². The summed E-state index contributed by atoms with van der Waals surface area (Å²) in [6.07, 6.45) is -0.321. The molecule has 118 valence electrons. The van der Waals surface area contributed by atoms with Gasteiger partial charge in [0.1, 0.15) is 11.9 Å². The predicted molar refractivity (Wildman–Crippen MR) is 84.8 cm³/mol. The van der Waals surface area contributed by atoms with Gasteiger partial charge in [-0.15, -0.1) is 0 Å². The Kier molecular flexibility index (Phi) is 6.90. The Hall–Kier alpha value is -1.88. The molecule has 1 N–H and O–H groups in total. The van der Waals surface area contributed by atoms with Gasteiger partial charge in [0, 0.05) is 0 Å². The molecule has 0 bridgehead atoms. The smallest absolute Gasteiger partial charge is 0.118 e. The molecule has 22 heavy (non-hydrogen) atoms. The molecule has 0 aliphatic carbocycles. The van der Waals surface area contributed by atoms with Gasteiger partial charge in [0.15, 0.2) is 0 Å². The van der Waals surface area contributed by atoms with E-state index in [1.165, 1.54) is 0 Å². The second kappa shape index (κ2) is 9.20. The summed E-state index contributed by atoms with van der Waals surface area (Å²) < 4.78 is 16.4. The van der Waals surface area contributed by atoms with E-state index >= 15 is 0 Å². The first-order valence-corrected chi connectivity index (χ1v) is 7.29. The van der Waals surface area contributed by atoms with Gasteiger partial charge < -0.3 is 19.3 Å². The topological polar surface area (TPSA) is 47.9 Å². The van der Waals surface area contributed by atoms with E-state index in [0.29, 0.717) is 19.8 Å². The zero-order valence-electron chi connectivity index (χ0n) is 12.8. The molecule has 0 saturated carbocycles. The number of benzene rings is 2. The van der Waals surface area contributed by atoms with Gasteiger partial charge in [0.25, 0.3) is 0 Å². The van der Waals surface area contributed by atoms with Crippen LogP contribution in [0.4, 0.5) is 0 Å². The van der Waals surface area contributed by atoms with Gasteiger partial charge in [-0.3, -0.25) is 0 Å². The van der Waals surface area contributed by atoms with Gasteiger partial charge in [-0.2, -0.15) is 0 Å². The Bertz CT molecular complexity index is 525. The van der Waals surface area contributed by atoms with Crippen LogP contribution in [0.5, 0.6) is 5.75 Å². The number of aliphatic hydroxyl groups is 1. The van der Waals surface area contributed by atoms with Crippen LogP contribution in [-0.2, 0) is 22.7 Å². The first-order valence-electron chi connectivity index (χ1n) is 7.29. The molecule has 4 nitrogen and oxygen atoms in total. The first-order chi connectivity index (χ1) is 10.8. The molecule has 2 aromatic rings. The molecule has 0 spiro atoms. The summed E-state index contributed by atoms with van der Waals surface area (Å²) in [6, 6.07) is 17.6. The van der Waals surface area contributed by atoms with E-state index in [9.17, 15) is 5.11 Å². The highest BCUT2D eigenvalue weighted by atomic mass is 16.5. The van der Waals surface area contributed by atoms with Crippen molar-refractivity contribution in [3.05, 3.63) is 65.7 Å². The maximum absolute atomic E-state index is 9.35. The van der Waals surface area contributed by atoms with Crippen molar-refractivity contribution in [2.45, 2.75) is 19.3 Å². The molecule has 0 amide bonds. The standard InChI is InChI=1S/C18H22O4/c1-20-17-9-7-16(8-10-17)12-21-14-18(11-19)22-13-15-5-3-2-4-6-15/h2-10,18-19H,11-14H2,1H3. The summed E-state index contributed by atoms with van der Waals surface area (Å²) in [5, 5.41) is 9.35. The van der Waals surface area contributed by atoms with Crippen LogP contribution < -0.4 is 4.74 Å². The zero-order chi connectivity index (χ0) is 15.6. The summed E-state index contributed by atoms with van der Waals surface area (Å²) in [7, 11) is 1.64. The minimum absolute atomic E-state index is 0.0601.